The molecule has 6 heteroatoms. The number of amides is 1. The Morgan fingerprint density at radius 3 is 2.88 bits per heavy atom. The van der Waals surface area contributed by atoms with Crippen molar-refractivity contribution in [2.24, 2.45) is 0 Å². The molecule has 0 saturated heterocycles. The molecule has 0 saturated carbocycles. The molecule has 0 fully saturated rings. The Balaban J connectivity index is 1.80. The van der Waals surface area contributed by atoms with E-state index in [9.17, 15) is 10.1 Å². The molecule has 0 bridgehead atoms. The number of thioether (sulfide) groups is 1. The van der Waals surface area contributed by atoms with Crippen molar-refractivity contribution >= 4 is 39.3 Å². The van der Waals surface area contributed by atoms with E-state index in [1.54, 1.807) is 0 Å². The fourth-order valence-corrected chi connectivity index (χ4v) is 4.40. The van der Waals surface area contributed by atoms with Gasteiger partial charge in [-0.1, -0.05) is 30.8 Å². The molecular weight excluding hydrogens is 410 g/mol. The zero-order chi connectivity index (χ0) is 18.5. The fraction of sp³-hybridized carbons (Fsp3) is 0.350. The summed E-state index contributed by atoms with van der Waals surface area (Å²) in [6.07, 6.45) is 4.88. The van der Waals surface area contributed by atoms with Gasteiger partial charge in [0, 0.05) is 10.2 Å². The average molecular weight is 430 g/mol. The quantitative estimate of drug-likeness (QED) is 0.670. The van der Waals surface area contributed by atoms with Crippen LogP contribution in [-0.4, -0.2) is 16.1 Å². The Morgan fingerprint density at radius 1 is 1.38 bits per heavy atom. The van der Waals surface area contributed by atoms with Gasteiger partial charge in [0.1, 0.15) is 11.1 Å². The van der Waals surface area contributed by atoms with Gasteiger partial charge in [-0.25, -0.2) is 4.98 Å². The number of carbonyl (C=O) groups excluding carboxylic acids is 1. The molecule has 1 aromatic heterocycles. The third kappa shape index (κ3) is 4.28. The number of carbonyl (C=O) groups is 1. The van der Waals surface area contributed by atoms with E-state index in [0.29, 0.717) is 17.0 Å². The molecule has 0 radical (unpaired) electrons. The summed E-state index contributed by atoms with van der Waals surface area (Å²) in [4.78, 5) is 17.5. The number of aromatic nitrogens is 1. The van der Waals surface area contributed by atoms with Crippen molar-refractivity contribution in [1.82, 2.24) is 4.98 Å². The largest absolute Gasteiger partial charge is 0.324 e. The highest BCUT2D eigenvalue weighted by molar-refractivity contribution is 9.10. The Bertz CT molecular complexity index is 863. The van der Waals surface area contributed by atoms with E-state index in [1.807, 2.05) is 37.3 Å². The Hall–Kier alpha value is -1.84. The molecular formula is C20H20BrN3OS. The van der Waals surface area contributed by atoms with Crippen LogP contribution in [0.2, 0.25) is 0 Å². The second-order valence-electron chi connectivity index (χ2n) is 6.25. The first-order valence-electron chi connectivity index (χ1n) is 8.77. The molecule has 0 spiro atoms. The van der Waals surface area contributed by atoms with Gasteiger partial charge in [-0.2, -0.15) is 5.26 Å². The van der Waals surface area contributed by atoms with Crippen LogP contribution in [0.1, 0.15) is 43.0 Å². The van der Waals surface area contributed by atoms with Gasteiger partial charge in [-0.3, -0.25) is 4.79 Å². The van der Waals surface area contributed by atoms with E-state index in [2.05, 4.69) is 27.3 Å². The van der Waals surface area contributed by atoms with Gasteiger partial charge >= 0.3 is 0 Å². The van der Waals surface area contributed by atoms with Crippen LogP contribution in [0.15, 0.2) is 39.8 Å². The van der Waals surface area contributed by atoms with E-state index < -0.39 is 0 Å². The molecule has 1 N–H and O–H groups in total. The number of para-hydroxylation sites is 1. The predicted molar refractivity (Wildman–Crippen MR) is 108 cm³/mol. The number of nitrogens with zero attached hydrogens (tertiary/aromatic N) is 2. The molecule has 1 aliphatic rings. The van der Waals surface area contributed by atoms with E-state index in [-0.39, 0.29) is 11.2 Å². The first-order chi connectivity index (χ1) is 12.6. The van der Waals surface area contributed by atoms with Gasteiger partial charge in [0.25, 0.3) is 0 Å². The number of nitrogens with one attached hydrogen (secondary N) is 1. The summed E-state index contributed by atoms with van der Waals surface area (Å²) in [6, 6.07) is 11.7. The lowest BCUT2D eigenvalue weighted by Crippen LogP contribution is -2.25. The van der Waals surface area contributed by atoms with E-state index in [4.69, 9.17) is 4.98 Å². The minimum absolute atomic E-state index is 0.0761. The standard InChI is InChI=1S/C20H20BrN3OS/c1-2-18(19(25)23-17-10-6-4-8-15(17)21)26-20-14(12-22)11-13-7-3-5-9-16(13)24-20/h4,6,8,10-11,18H,2-3,5,7,9H2,1H3,(H,23,25). The Morgan fingerprint density at radius 2 is 2.15 bits per heavy atom. The number of hydrogen-bond donors (Lipinski definition) is 1. The van der Waals surface area contributed by atoms with Crippen molar-refractivity contribution in [3.05, 3.63) is 51.6 Å². The Labute approximate surface area is 166 Å². The number of anilines is 1. The second kappa shape index (κ2) is 8.70. The molecule has 1 aliphatic carbocycles. The van der Waals surface area contributed by atoms with Crippen molar-refractivity contribution in [3.8, 4) is 6.07 Å². The molecule has 1 heterocycles. The monoisotopic (exact) mass is 429 g/mol. The number of nitriles is 1. The van der Waals surface area contributed by atoms with Gasteiger partial charge in [0.15, 0.2) is 0 Å². The van der Waals surface area contributed by atoms with Crippen LogP contribution < -0.4 is 5.32 Å². The molecule has 1 aromatic carbocycles. The van der Waals surface area contributed by atoms with E-state index in [0.717, 1.165) is 41.5 Å². The number of aryl methyl sites for hydroxylation is 2. The van der Waals surface area contributed by atoms with Crippen molar-refractivity contribution in [2.45, 2.75) is 49.3 Å². The summed E-state index contributed by atoms with van der Waals surface area (Å²) >= 11 is 4.83. The molecule has 134 valence electrons. The smallest absolute Gasteiger partial charge is 0.237 e. The molecule has 4 nitrogen and oxygen atoms in total. The van der Waals surface area contributed by atoms with Gasteiger partial charge in [-0.15, -0.1) is 0 Å². The number of hydrogen-bond acceptors (Lipinski definition) is 4. The first-order valence-corrected chi connectivity index (χ1v) is 10.4. The molecule has 0 aliphatic heterocycles. The van der Waals surface area contributed by atoms with Gasteiger partial charge < -0.3 is 5.32 Å². The molecule has 1 atom stereocenters. The van der Waals surface area contributed by atoms with Gasteiger partial charge in [0.2, 0.25) is 5.91 Å². The van der Waals surface area contributed by atoms with E-state index in [1.165, 1.54) is 17.3 Å². The zero-order valence-corrected chi connectivity index (χ0v) is 17.0. The van der Waals surface area contributed by atoms with Gasteiger partial charge in [0.05, 0.1) is 16.5 Å². The highest BCUT2D eigenvalue weighted by Crippen LogP contribution is 2.32. The highest BCUT2D eigenvalue weighted by Gasteiger charge is 2.23. The lowest BCUT2D eigenvalue weighted by atomic mass is 9.95. The third-order valence-corrected chi connectivity index (χ3v) is 6.49. The number of rotatable bonds is 5. The summed E-state index contributed by atoms with van der Waals surface area (Å²) in [7, 11) is 0. The number of pyridine rings is 1. The summed E-state index contributed by atoms with van der Waals surface area (Å²) in [6.45, 7) is 1.97. The average Bonchev–Trinajstić information content (AvgIpc) is 2.67. The molecule has 2 aromatic rings. The maximum Gasteiger partial charge on any atom is 0.237 e. The lowest BCUT2D eigenvalue weighted by Gasteiger charge is -2.19. The number of halogens is 1. The van der Waals surface area contributed by atoms with Crippen molar-refractivity contribution in [1.29, 1.82) is 5.26 Å². The maximum atomic E-state index is 12.7. The highest BCUT2D eigenvalue weighted by atomic mass is 79.9. The zero-order valence-electron chi connectivity index (χ0n) is 14.6. The summed E-state index contributed by atoms with van der Waals surface area (Å²) in [5.41, 5.74) is 3.58. The van der Waals surface area contributed by atoms with Gasteiger partial charge in [-0.05, 0) is 71.8 Å². The SMILES string of the molecule is CCC(Sc1nc2c(cc1C#N)CCCC2)C(=O)Nc1ccccc1Br. The van der Waals surface area contributed by atoms with Crippen LogP contribution in [0, 0.1) is 11.3 Å². The maximum absolute atomic E-state index is 12.7. The Kier molecular flexibility index (Phi) is 6.33. The number of fused-ring (bicyclic) bond motifs is 1. The van der Waals surface area contributed by atoms with Crippen molar-refractivity contribution in [3.63, 3.8) is 0 Å². The summed E-state index contributed by atoms with van der Waals surface area (Å²) in [5.74, 6) is -0.0761. The van der Waals surface area contributed by atoms with Crippen LogP contribution in [0.4, 0.5) is 5.69 Å². The van der Waals surface area contributed by atoms with Crippen LogP contribution in [-0.2, 0) is 17.6 Å². The van der Waals surface area contributed by atoms with Crippen LogP contribution in [0.25, 0.3) is 0 Å². The van der Waals surface area contributed by atoms with Crippen molar-refractivity contribution in [2.75, 3.05) is 5.32 Å². The lowest BCUT2D eigenvalue weighted by molar-refractivity contribution is -0.115. The minimum Gasteiger partial charge on any atom is -0.324 e. The van der Waals surface area contributed by atoms with Crippen LogP contribution in [0.5, 0.6) is 0 Å². The number of benzene rings is 1. The fourth-order valence-electron chi connectivity index (χ4n) is 3.02. The normalized spacial score (nSPS) is 14.2. The molecule has 26 heavy (non-hydrogen) atoms. The van der Waals surface area contributed by atoms with E-state index >= 15 is 0 Å². The predicted octanol–water partition coefficient (Wildman–Crippen LogP) is 5.10. The molecule has 1 unspecified atom stereocenters. The second-order valence-corrected chi connectivity index (χ2v) is 8.30. The molecule has 3 rings (SSSR count). The van der Waals surface area contributed by atoms with Crippen LogP contribution >= 0.6 is 27.7 Å². The van der Waals surface area contributed by atoms with Crippen LogP contribution in [0.3, 0.4) is 0 Å². The summed E-state index contributed by atoms with van der Waals surface area (Å²) < 4.78 is 0.845. The first kappa shape index (κ1) is 18.9. The summed E-state index contributed by atoms with van der Waals surface area (Å²) in [5, 5.41) is 12.8. The minimum atomic E-state index is -0.302. The third-order valence-electron chi connectivity index (χ3n) is 4.44. The topological polar surface area (TPSA) is 65.8 Å². The molecule has 1 amide bonds. The van der Waals surface area contributed by atoms with Crippen molar-refractivity contribution < 1.29 is 4.79 Å².